The lowest BCUT2D eigenvalue weighted by Gasteiger charge is -2.22. The maximum Gasteiger partial charge on any atom is 0.220 e. The molecule has 1 amide bonds. The van der Waals surface area contributed by atoms with Gasteiger partial charge in [0.1, 0.15) is 0 Å². The molecule has 0 aromatic rings. The van der Waals surface area contributed by atoms with Gasteiger partial charge in [0.2, 0.25) is 5.91 Å². The fraction of sp³-hybridized carbons (Fsp3) is 0.985. The molecule has 0 rings (SSSR count). The van der Waals surface area contributed by atoms with E-state index in [2.05, 4.69) is 19.2 Å². The summed E-state index contributed by atoms with van der Waals surface area (Å²) in [5.74, 6) is -0.0202. The molecule has 4 heteroatoms. The van der Waals surface area contributed by atoms with Gasteiger partial charge in [0.25, 0.3) is 0 Å². The number of hydrogen-bond donors (Lipinski definition) is 3. The molecule has 0 aliphatic heterocycles. The van der Waals surface area contributed by atoms with E-state index < -0.39 is 12.1 Å². The van der Waals surface area contributed by atoms with Crippen molar-refractivity contribution in [2.24, 2.45) is 0 Å². The molecule has 0 bridgehead atoms. The van der Waals surface area contributed by atoms with Crippen LogP contribution in [0.2, 0.25) is 0 Å². The maximum atomic E-state index is 12.5. The molecule has 2 atom stereocenters. The van der Waals surface area contributed by atoms with Crippen molar-refractivity contribution in [1.29, 1.82) is 0 Å². The number of amides is 1. The fourth-order valence-corrected chi connectivity index (χ4v) is 11.1. The Balaban J connectivity index is 3.34. The topological polar surface area (TPSA) is 69.6 Å². The predicted octanol–water partition coefficient (Wildman–Crippen LogP) is 22.3. The molecule has 2 unspecified atom stereocenters. The molecular formula is C66H133NO3. The first kappa shape index (κ1) is 69.4. The van der Waals surface area contributed by atoms with Crippen molar-refractivity contribution < 1.29 is 15.0 Å². The second-order valence-corrected chi connectivity index (χ2v) is 23.3. The van der Waals surface area contributed by atoms with Gasteiger partial charge in [-0.05, 0) is 12.8 Å². The van der Waals surface area contributed by atoms with Crippen LogP contribution in [0.3, 0.4) is 0 Å². The fourth-order valence-electron chi connectivity index (χ4n) is 11.1. The Morgan fingerprint density at radius 3 is 0.643 bits per heavy atom. The zero-order valence-corrected chi connectivity index (χ0v) is 48.6. The molecule has 70 heavy (non-hydrogen) atoms. The lowest BCUT2D eigenvalue weighted by atomic mass is 10.0. The van der Waals surface area contributed by atoms with E-state index >= 15 is 0 Å². The van der Waals surface area contributed by atoms with Gasteiger partial charge in [0.05, 0.1) is 18.8 Å². The average molecular weight is 989 g/mol. The number of rotatable bonds is 63. The minimum absolute atomic E-state index is 0.0202. The molecule has 3 N–H and O–H groups in total. The summed E-state index contributed by atoms with van der Waals surface area (Å²) in [5, 5.41) is 23.4. The molecule has 0 fully saturated rings. The molecule has 0 saturated heterocycles. The number of unbranched alkanes of at least 4 members (excludes halogenated alkanes) is 56. The smallest absolute Gasteiger partial charge is 0.220 e. The molecule has 0 heterocycles. The van der Waals surface area contributed by atoms with Crippen molar-refractivity contribution in [1.82, 2.24) is 5.32 Å². The lowest BCUT2D eigenvalue weighted by Crippen LogP contribution is -2.45. The monoisotopic (exact) mass is 988 g/mol. The minimum atomic E-state index is -0.656. The van der Waals surface area contributed by atoms with E-state index in [1.165, 1.54) is 347 Å². The number of aliphatic hydroxyl groups is 2. The van der Waals surface area contributed by atoms with E-state index in [1.807, 2.05) is 0 Å². The summed E-state index contributed by atoms with van der Waals surface area (Å²) < 4.78 is 0. The minimum Gasteiger partial charge on any atom is -0.394 e. The van der Waals surface area contributed by atoms with Crippen LogP contribution in [0, 0.1) is 0 Å². The van der Waals surface area contributed by atoms with Gasteiger partial charge >= 0.3 is 0 Å². The Labute approximate surface area is 442 Å². The van der Waals surface area contributed by atoms with Crippen LogP contribution in [0.25, 0.3) is 0 Å². The average Bonchev–Trinajstić information content (AvgIpc) is 3.36. The van der Waals surface area contributed by atoms with Gasteiger partial charge in [-0.15, -0.1) is 0 Å². The molecule has 0 spiro atoms. The zero-order chi connectivity index (χ0) is 50.6. The summed E-state index contributed by atoms with van der Waals surface area (Å²) in [5.41, 5.74) is 0. The van der Waals surface area contributed by atoms with E-state index in [0.29, 0.717) is 12.8 Å². The van der Waals surface area contributed by atoms with Gasteiger partial charge in [-0.3, -0.25) is 4.79 Å². The van der Waals surface area contributed by atoms with Gasteiger partial charge in [0, 0.05) is 6.42 Å². The number of nitrogens with one attached hydrogen (secondary N) is 1. The molecule has 0 radical (unpaired) electrons. The van der Waals surface area contributed by atoms with Crippen LogP contribution in [0.4, 0.5) is 0 Å². The van der Waals surface area contributed by atoms with Crippen LogP contribution in [-0.2, 0) is 4.79 Å². The summed E-state index contributed by atoms with van der Waals surface area (Å²) in [6, 6.07) is -0.532. The van der Waals surface area contributed by atoms with Gasteiger partial charge in [-0.25, -0.2) is 0 Å². The first-order valence-electron chi connectivity index (χ1n) is 33.2. The van der Waals surface area contributed by atoms with Gasteiger partial charge < -0.3 is 15.5 Å². The Morgan fingerprint density at radius 2 is 0.457 bits per heavy atom. The van der Waals surface area contributed by atoms with Crippen LogP contribution in [0.15, 0.2) is 0 Å². The summed E-state index contributed by atoms with van der Waals surface area (Å²) in [6.07, 6.45) is 81.5. The SMILES string of the molecule is CCCCCCCCCCCCCCCCCCCCCCCCCCCCCCCCCCCCCCCC(=O)NC(CO)C(O)CCCCCCCCCCCCCCCCCCCCCCC. The Kier molecular flexibility index (Phi) is 62.1. The number of carbonyl (C=O) groups excluding carboxylic acids is 1. The quantitative estimate of drug-likeness (QED) is 0.0532. The van der Waals surface area contributed by atoms with Crippen LogP contribution >= 0.6 is 0 Å². The van der Waals surface area contributed by atoms with Crippen molar-refractivity contribution in [3.8, 4) is 0 Å². The highest BCUT2D eigenvalue weighted by molar-refractivity contribution is 5.76. The van der Waals surface area contributed by atoms with Crippen molar-refractivity contribution in [2.75, 3.05) is 6.61 Å². The van der Waals surface area contributed by atoms with Crippen molar-refractivity contribution in [2.45, 2.75) is 411 Å². The van der Waals surface area contributed by atoms with Crippen LogP contribution in [-0.4, -0.2) is 34.9 Å². The Hall–Kier alpha value is -0.610. The first-order valence-corrected chi connectivity index (χ1v) is 33.2. The van der Waals surface area contributed by atoms with Crippen molar-refractivity contribution >= 4 is 5.91 Å². The third kappa shape index (κ3) is 58.3. The second kappa shape index (κ2) is 62.7. The highest BCUT2D eigenvalue weighted by atomic mass is 16.3. The maximum absolute atomic E-state index is 12.5. The van der Waals surface area contributed by atoms with E-state index in [9.17, 15) is 15.0 Å². The number of carbonyl (C=O) groups is 1. The third-order valence-electron chi connectivity index (χ3n) is 16.1. The summed E-state index contributed by atoms with van der Waals surface area (Å²) in [4.78, 5) is 12.5. The first-order chi connectivity index (χ1) is 34.7. The summed E-state index contributed by atoms with van der Waals surface area (Å²) in [7, 11) is 0. The molecule has 0 aromatic carbocycles. The second-order valence-electron chi connectivity index (χ2n) is 23.3. The predicted molar refractivity (Wildman–Crippen MR) is 313 cm³/mol. The van der Waals surface area contributed by atoms with E-state index in [1.54, 1.807) is 0 Å². The molecular weight excluding hydrogens is 855 g/mol. The van der Waals surface area contributed by atoms with Gasteiger partial charge in [0.15, 0.2) is 0 Å². The highest BCUT2D eigenvalue weighted by Crippen LogP contribution is 2.20. The molecule has 420 valence electrons. The normalized spacial score (nSPS) is 12.6. The van der Waals surface area contributed by atoms with Crippen LogP contribution < -0.4 is 5.32 Å². The van der Waals surface area contributed by atoms with E-state index in [4.69, 9.17) is 0 Å². The Bertz CT molecular complexity index is 940. The lowest BCUT2D eigenvalue weighted by molar-refractivity contribution is -0.123. The highest BCUT2D eigenvalue weighted by Gasteiger charge is 2.20. The standard InChI is InChI=1S/C66H133NO3/c1-3-5-7-9-11-13-15-17-19-21-23-25-26-27-28-29-30-31-32-33-34-35-36-37-38-39-40-42-44-46-48-50-52-54-56-58-60-62-66(70)67-64(63-68)65(69)61-59-57-55-53-51-49-47-45-43-41-24-22-20-18-16-14-12-10-8-6-4-2/h64-65,68-69H,3-63H2,1-2H3,(H,67,70). The van der Waals surface area contributed by atoms with E-state index in [-0.39, 0.29) is 12.5 Å². The summed E-state index contributed by atoms with van der Waals surface area (Å²) in [6.45, 7) is 4.42. The third-order valence-corrected chi connectivity index (χ3v) is 16.1. The molecule has 0 aliphatic rings. The van der Waals surface area contributed by atoms with Crippen LogP contribution in [0.1, 0.15) is 399 Å². The molecule has 0 saturated carbocycles. The zero-order valence-electron chi connectivity index (χ0n) is 48.6. The van der Waals surface area contributed by atoms with E-state index in [0.717, 1.165) is 25.7 Å². The largest absolute Gasteiger partial charge is 0.394 e. The molecule has 0 aromatic heterocycles. The number of hydrogen-bond acceptors (Lipinski definition) is 3. The van der Waals surface area contributed by atoms with Crippen LogP contribution in [0.5, 0.6) is 0 Å². The Morgan fingerprint density at radius 1 is 0.286 bits per heavy atom. The van der Waals surface area contributed by atoms with Crippen molar-refractivity contribution in [3.63, 3.8) is 0 Å². The van der Waals surface area contributed by atoms with Gasteiger partial charge in [-0.1, -0.05) is 380 Å². The van der Waals surface area contributed by atoms with Crippen molar-refractivity contribution in [3.05, 3.63) is 0 Å². The van der Waals surface area contributed by atoms with Gasteiger partial charge in [-0.2, -0.15) is 0 Å². The summed E-state index contributed by atoms with van der Waals surface area (Å²) >= 11 is 0. The number of aliphatic hydroxyl groups excluding tert-OH is 2. The molecule has 0 aliphatic carbocycles. The molecule has 4 nitrogen and oxygen atoms in total.